The van der Waals surface area contributed by atoms with E-state index in [1.54, 1.807) is 32.0 Å². The minimum atomic E-state index is -4.14. The van der Waals surface area contributed by atoms with Gasteiger partial charge in [-0.1, -0.05) is 51.4 Å². The quantitative estimate of drug-likeness (QED) is 0.552. The van der Waals surface area contributed by atoms with Gasteiger partial charge in [0.25, 0.3) is 10.0 Å². The molecule has 0 spiro atoms. The van der Waals surface area contributed by atoms with Crippen LogP contribution in [0.5, 0.6) is 0 Å². The normalized spacial score (nSPS) is 12.3. The van der Waals surface area contributed by atoms with Crippen LogP contribution >= 0.6 is 11.6 Å². The maximum Gasteiger partial charge on any atom is 0.333 e. The Hall–Kier alpha value is -2.09. The molecule has 8 heteroatoms. The Morgan fingerprint density at radius 3 is 2.03 bits per heavy atom. The molecule has 0 aromatic heterocycles. The number of carbonyl (C=O) groups is 1. The fourth-order valence-corrected chi connectivity index (χ4v) is 4.26. The lowest BCUT2D eigenvalue weighted by atomic mass is 9.92. The molecule has 3 N–H and O–H groups in total. The largest absolute Gasteiger partial charge is 0.386 e. The van der Waals surface area contributed by atoms with Gasteiger partial charge in [-0.25, -0.2) is 17.9 Å². The Labute approximate surface area is 183 Å². The molecule has 0 atom stereocenters. The molecule has 0 saturated heterocycles. The summed E-state index contributed by atoms with van der Waals surface area (Å²) in [5.74, 6) is 0.133. The predicted octanol–water partition coefficient (Wildman–Crippen LogP) is 5.32. The highest BCUT2D eigenvalue weighted by Gasteiger charge is 2.24. The summed E-state index contributed by atoms with van der Waals surface area (Å²) in [6.07, 6.45) is 0. The molecule has 6 nitrogen and oxygen atoms in total. The van der Waals surface area contributed by atoms with Gasteiger partial charge >= 0.3 is 6.03 Å². The average molecular weight is 453 g/mol. The van der Waals surface area contributed by atoms with E-state index in [0.29, 0.717) is 16.3 Å². The van der Waals surface area contributed by atoms with Crippen LogP contribution in [-0.2, 0) is 15.6 Å². The molecule has 2 rings (SSSR count). The zero-order valence-corrected chi connectivity index (χ0v) is 19.6. The number of amides is 2. The van der Waals surface area contributed by atoms with Crippen LogP contribution < -0.4 is 10.0 Å². The van der Waals surface area contributed by atoms with Crippen LogP contribution in [0.15, 0.2) is 41.3 Å². The smallest absolute Gasteiger partial charge is 0.333 e. The first-order chi connectivity index (χ1) is 13.7. The summed E-state index contributed by atoms with van der Waals surface area (Å²) in [5.41, 5.74) is 1.41. The van der Waals surface area contributed by atoms with Gasteiger partial charge in [-0.3, -0.25) is 0 Å². The van der Waals surface area contributed by atoms with Crippen molar-refractivity contribution >= 4 is 33.3 Å². The number of hydrogen-bond acceptors (Lipinski definition) is 4. The minimum absolute atomic E-state index is 0.0663. The molecule has 0 unspecified atom stereocenters. The molecule has 0 heterocycles. The van der Waals surface area contributed by atoms with Gasteiger partial charge < -0.3 is 10.4 Å². The van der Waals surface area contributed by atoms with Gasteiger partial charge in [0.2, 0.25) is 0 Å². The lowest BCUT2D eigenvalue weighted by molar-refractivity contribution is 0.0784. The first-order valence-corrected chi connectivity index (χ1v) is 11.6. The maximum absolute atomic E-state index is 12.7. The van der Waals surface area contributed by atoms with Crippen molar-refractivity contribution < 1.29 is 18.3 Å². The second-order valence-electron chi connectivity index (χ2n) is 8.42. The number of benzene rings is 2. The van der Waals surface area contributed by atoms with Crippen molar-refractivity contribution in [1.29, 1.82) is 0 Å². The molecule has 30 heavy (non-hydrogen) atoms. The number of aliphatic hydroxyl groups is 1. The molecule has 0 aliphatic carbocycles. The lowest BCUT2D eigenvalue weighted by Gasteiger charge is -2.21. The summed E-state index contributed by atoms with van der Waals surface area (Å²) >= 11 is 6.24. The number of hydrogen-bond donors (Lipinski definition) is 3. The molecule has 0 bridgehead atoms. The van der Waals surface area contributed by atoms with Crippen LogP contribution in [0.3, 0.4) is 0 Å². The first kappa shape index (κ1) is 24.2. The average Bonchev–Trinajstić information content (AvgIpc) is 2.61. The zero-order chi connectivity index (χ0) is 22.9. The van der Waals surface area contributed by atoms with Crippen LogP contribution in [-0.4, -0.2) is 19.6 Å². The maximum atomic E-state index is 12.7. The van der Waals surface area contributed by atoms with E-state index in [1.807, 2.05) is 27.7 Å². The van der Waals surface area contributed by atoms with Crippen LogP contribution in [0.1, 0.15) is 70.1 Å². The molecule has 0 aliphatic heterocycles. The van der Waals surface area contributed by atoms with Gasteiger partial charge in [-0.2, -0.15) is 0 Å². The van der Waals surface area contributed by atoms with Crippen molar-refractivity contribution in [1.82, 2.24) is 4.72 Å². The third-order valence-corrected chi connectivity index (χ3v) is 6.27. The van der Waals surface area contributed by atoms with Crippen molar-refractivity contribution in [3.63, 3.8) is 0 Å². The third-order valence-electron chi connectivity index (χ3n) is 4.72. The van der Waals surface area contributed by atoms with Crippen LogP contribution in [0, 0.1) is 0 Å². The highest BCUT2D eigenvalue weighted by Crippen LogP contribution is 2.35. The van der Waals surface area contributed by atoms with E-state index in [4.69, 9.17) is 11.6 Å². The fourth-order valence-electron chi connectivity index (χ4n) is 3.07. The van der Waals surface area contributed by atoms with E-state index in [2.05, 4.69) is 10.0 Å². The molecule has 0 saturated carbocycles. The molecule has 0 aliphatic rings. The Morgan fingerprint density at radius 2 is 1.57 bits per heavy atom. The fraction of sp³-hybridized carbons (Fsp3) is 0.409. The van der Waals surface area contributed by atoms with Gasteiger partial charge in [-0.05, 0) is 66.6 Å². The second kappa shape index (κ2) is 8.96. The lowest BCUT2D eigenvalue weighted by Crippen LogP contribution is -2.35. The standard InChI is InChI=1S/C22H29ClN2O4S/c1-13(2)18-11-16(23)12-19(14(3)4)20(18)24-21(26)25-30(28,29)17-9-7-8-15(10-17)22(5,6)27/h7-14,27H,1-6H3,(H2,24,25,26). The summed E-state index contributed by atoms with van der Waals surface area (Å²) in [5, 5.41) is 13.4. The van der Waals surface area contributed by atoms with E-state index < -0.39 is 21.7 Å². The van der Waals surface area contributed by atoms with Crippen molar-refractivity contribution in [2.75, 3.05) is 5.32 Å². The zero-order valence-electron chi connectivity index (χ0n) is 18.1. The Kier molecular flexibility index (Phi) is 7.22. The van der Waals surface area contributed by atoms with Gasteiger partial charge in [0.15, 0.2) is 0 Å². The van der Waals surface area contributed by atoms with Crippen molar-refractivity contribution in [2.24, 2.45) is 0 Å². The molecule has 2 aromatic rings. The Balaban J connectivity index is 2.36. The summed E-state index contributed by atoms with van der Waals surface area (Å²) < 4.78 is 27.5. The molecule has 2 aromatic carbocycles. The topological polar surface area (TPSA) is 95.5 Å². The first-order valence-electron chi connectivity index (χ1n) is 9.72. The summed E-state index contributed by atoms with van der Waals surface area (Å²) in [6.45, 7) is 11.0. The Morgan fingerprint density at radius 1 is 1.03 bits per heavy atom. The minimum Gasteiger partial charge on any atom is -0.386 e. The summed E-state index contributed by atoms with van der Waals surface area (Å²) in [7, 11) is -4.14. The molecular formula is C22H29ClN2O4S. The van der Waals surface area contributed by atoms with E-state index in [9.17, 15) is 18.3 Å². The number of carbonyl (C=O) groups excluding carboxylic acids is 1. The molecule has 164 valence electrons. The van der Waals surface area contributed by atoms with E-state index in [-0.39, 0.29) is 16.7 Å². The Bertz CT molecular complexity index is 1010. The predicted molar refractivity (Wildman–Crippen MR) is 121 cm³/mol. The SMILES string of the molecule is CC(C)c1cc(Cl)cc(C(C)C)c1NC(=O)NS(=O)(=O)c1cccc(C(C)(C)O)c1. The number of anilines is 1. The van der Waals surface area contributed by atoms with Crippen LogP contribution in [0.25, 0.3) is 0 Å². The highest BCUT2D eigenvalue weighted by atomic mass is 35.5. The van der Waals surface area contributed by atoms with E-state index in [1.165, 1.54) is 18.2 Å². The molecular weight excluding hydrogens is 424 g/mol. The van der Waals surface area contributed by atoms with Gasteiger partial charge in [0.05, 0.1) is 10.5 Å². The van der Waals surface area contributed by atoms with Gasteiger partial charge in [0, 0.05) is 10.7 Å². The van der Waals surface area contributed by atoms with E-state index >= 15 is 0 Å². The van der Waals surface area contributed by atoms with Gasteiger partial charge in [-0.15, -0.1) is 0 Å². The highest BCUT2D eigenvalue weighted by molar-refractivity contribution is 7.90. The number of urea groups is 1. The van der Waals surface area contributed by atoms with E-state index in [0.717, 1.165) is 11.1 Å². The number of sulfonamides is 1. The van der Waals surface area contributed by atoms with Crippen molar-refractivity contribution in [2.45, 2.75) is 63.9 Å². The number of rotatable bonds is 6. The van der Waals surface area contributed by atoms with Gasteiger partial charge in [0.1, 0.15) is 0 Å². The summed E-state index contributed by atoms with van der Waals surface area (Å²) in [4.78, 5) is 12.5. The van der Waals surface area contributed by atoms with Crippen molar-refractivity contribution in [3.8, 4) is 0 Å². The number of halogens is 1. The second-order valence-corrected chi connectivity index (χ2v) is 10.5. The van der Waals surface area contributed by atoms with Crippen molar-refractivity contribution in [3.05, 3.63) is 58.1 Å². The van der Waals surface area contributed by atoms with Crippen LogP contribution in [0.2, 0.25) is 5.02 Å². The van der Waals surface area contributed by atoms with Crippen LogP contribution in [0.4, 0.5) is 10.5 Å². The summed E-state index contributed by atoms with van der Waals surface area (Å²) in [6, 6.07) is 8.53. The monoisotopic (exact) mass is 452 g/mol. The molecule has 0 fully saturated rings. The number of nitrogens with one attached hydrogen (secondary N) is 2. The molecule has 2 amide bonds. The third kappa shape index (κ3) is 5.74. The molecule has 0 radical (unpaired) electrons.